The summed E-state index contributed by atoms with van der Waals surface area (Å²) in [4.78, 5) is 11.9. The van der Waals surface area contributed by atoms with Gasteiger partial charge in [0.1, 0.15) is 5.76 Å². The summed E-state index contributed by atoms with van der Waals surface area (Å²) in [5.41, 5.74) is 1.96. The van der Waals surface area contributed by atoms with Gasteiger partial charge in [0.05, 0.1) is 12.1 Å². The Bertz CT molecular complexity index is 621. The minimum absolute atomic E-state index is 0.00270. The average Bonchev–Trinajstić information content (AvgIpc) is 3.04. The predicted octanol–water partition coefficient (Wildman–Crippen LogP) is 2.96. The van der Waals surface area contributed by atoms with Gasteiger partial charge in [0.15, 0.2) is 0 Å². The van der Waals surface area contributed by atoms with Gasteiger partial charge >= 0.3 is 0 Å². The molecule has 20 heavy (non-hydrogen) atoms. The Kier molecular flexibility index (Phi) is 3.61. The van der Waals surface area contributed by atoms with E-state index in [1.165, 1.54) is 5.56 Å². The number of aromatic nitrogens is 1. The van der Waals surface area contributed by atoms with E-state index in [1.807, 2.05) is 19.1 Å². The third kappa shape index (κ3) is 3.10. The molecule has 3 rings (SSSR count). The first-order valence-corrected chi connectivity index (χ1v) is 7.38. The van der Waals surface area contributed by atoms with Crippen LogP contribution in [0.3, 0.4) is 0 Å². The van der Waals surface area contributed by atoms with Gasteiger partial charge in [-0.2, -0.15) is 0 Å². The number of nitrogens with zero attached hydrogens (tertiary/aromatic N) is 1. The van der Waals surface area contributed by atoms with Crippen molar-refractivity contribution >= 4 is 21.8 Å². The van der Waals surface area contributed by atoms with E-state index < -0.39 is 0 Å². The molecule has 1 heterocycles. The van der Waals surface area contributed by atoms with Crippen LogP contribution in [0, 0.1) is 6.92 Å². The molecule has 1 aromatic heterocycles. The van der Waals surface area contributed by atoms with Gasteiger partial charge in [0.25, 0.3) is 0 Å². The third-order valence-electron chi connectivity index (χ3n) is 3.45. The Hall–Kier alpha value is -1.62. The highest BCUT2D eigenvalue weighted by atomic mass is 79.9. The molecular formula is C15H15BrN2O2. The lowest BCUT2D eigenvalue weighted by atomic mass is 10.1. The summed E-state index contributed by atoms with van der Waals surface area (Å²) in [7, 11) is 0. The van der Waals surface area contributed by atoms with Gasteiger partial charge < -0.3 is 9.84 Å². The van der Waals surface area contributed by atoms with Gasteiger partial charge in [-0.15, -0.1) is 0 Å². The largest absolute Gasteiger partial charge is 0.361 e. The first-order chi connectivity index (χ1) is 9.61. The normalized spacial score (nSPS) is 20.7. The van der Waals surface area contributed by atoms with Gasteiger partial charge in [0, 0.05) is 22.5 Å². The van der Waals surface area contributed by atoms with Crippen molar-refractivity contribution in [3.8, 4) is 0 Å². The van der Waals surface area contributed by atoms with Crippen molar-refractivity contribution in [1.82, 2.24) is 10.5 Å². The second kappa shape index (κ2) is 5.40. The van der Waals surface area contributed by atoms with Crippen molar-refractivity contribution < 1.29 is 9.32 Å². The third-order valence-corrected chi connectivity index (χ3v) is 3.98. The van der Waals surface area contributed by atoms with Crippen molar-refractivity contribution in [2.75, 3.05) is 0 Å². The van der Waals surface area contributed by atoms with Crippen molar-refractivity contribution in [1.29, 1.82) is 0 Å². The van der Waals surface area contributed by atoms with E-state index in [0.717, 1.165) is 16.7 Å². The maximum Gasteiger partial charge on any atom is 0.226 e. The highest BCUT2D eigenvalue weighted by Crippen LogP contribution is 2.41. The van der Waals surface area contributed by atoms with E-state index >= 15 is 0 Å². The molecule has 1 saturated carbocycles. The molecular weight excluding hydrogens is 320 g/mol. The minimum atomic E-state index is 0.00270. The maximum absolute atomic E-state index is 11.9. The zero-order chi connectivity index (χ0) is 14.1. The summed E-state index contributed by atoms with van der Waals surface area (Å²) in [5.74, 6) is 1.17. The number of halogens is 1. The first kappa shape index (κ1) is 13.4. The number of amides is 1. The van der Waals surface area contributed by atoms with E-state index in [4.69, 9.17) is 4.52 Å². The smallest absolute Gasteiger partial charge is 0.226 e. The molecule has 1 fully saturated rings. The summed E-state index contributed by atoms with van der Waals surface area (Å²) in [6.07, 6.45) is 1.28. The van der Waals surface area contributed by atoms with Crippen LogP contribution in [0.15, 0.2) is 39.3 Å². The molecule has 2 aromatic rings. The summed E-state index contributed by atoms with van der Waals surface area (Å²) < 4.78 is 6.03. The van der Waals surface area contributed by atoms with E-state index in [2.05, 4.69) is 38.5 Å². The van der Waals surface area contributed by atoms with E-state index in [1.54, 1.807) is 6.07 Å². The Labute approximate surface area is 125 Å². The van der Waals surface area contributed by atoms with Crippen molar-refractivity contribution in [3.63, 3.8) is 0 Å². The van der Waals surface area contributed by atoms with Crippen LogP contribution in [0.25, 0.3) is 0 Å². The summed E-state index contributed by atoms with van der Waals surface area (Å²) in [6.45, 7) is 1.82. The fraction of sp³-hybridized carbons (Fsp3) is 0.333. The van der Waals surface area contributed by atoms with E-state index in [0.29, 0.717) is 11.6 Å². The highest BCUT2D eigenvalue weighted by molar-refractivity contribution is 9.10. The SMILES string of the molecule is Cc1cc(CC(=O)N[C@H]2C[C@H]2c2ccc(Br)cc2)no1. The number of aryl methyl sites for hydroxylation is 1. The van der Waals surface area contributed by atoms with E-state index in [-0.39, 0.29) is 18.4 Å². The number of rotatable bonds is 4. The summed E-state index contributed by atoms with van der Waals surface area (Å²) in [5, 5.41) is 6.87. The van der Waals surface area contributed by atoms with Gasteiger partial charge in [-0.1, -0.05) is 33.2 Å². The van der Waals surface area contributed by atoms with Gasteiger partial charge in [-0.25, -0.2) is 0 Å². The number of nitrogens with one attached hydrogen (secondary N) is 1. The van der Waals surface area contributed by atoms with Crippen molar-refractivity contribution in [2.45, 2.75) is 31.7 Å². The number of hydrogen-bond acceptors (Lipinski definition) is 3. The van der Waals surface area contributed by atoms with Crippen LogP contribution < -0.4 is 5.32 Å². The lowest BCUT2D eigenvalue weighted by molar-refractivity contribution is -0.120. The van der Waals surface area contributed by atoms with Crippen molar-refractivity contribution in [3.05, 3.63) is 51.8 Å². The molecule has 104 valence electrons. The molecule has 1 N–H and O–H groups in total. The molecule has 0 spiro atoms. The van der Waals surface area contributed by atoms with Crippen LogP contribution in [0.5, 0.6) is 0 Å². The van der Waals surface area contributed by atoms with Crippen LogP contribution in [-0.2, 0) is 11.2 Å². The molecule has 0 bridgehead atoms. The highest BCUT2D eigenvalue weighted by Gasteiger charge is 2.39. The number of benzene rings is 1. The molecule has 0 aliphatic heterocycles. The van der Waals surface area contributed by atoms with Crippen LogP contribution in [0.2, 0.25) is 0 Å². The number of carbonyl (C=O) groups excluding carboxylic acids is 1. The molecule has 2 atom stereocenters. The topological polar surface area (TPSA) is 55.1 Å². The lowest BCUT2D eigenvalue weighted by Gasteiger charge is -2.03. The van der Waals surface area contributed by atoms with Crippen LogP contribution in [0.4, 0.5) is 0 Å². The fourth-order valence-electron chi connectivity index (χ4n) is 2.36. The standard InChI is InChI=1S/C15H15BrN2O2/c1-9-6-12(18-20-9)7-15(19)17-14-8-13(14)10-2-4-11(16)5-3-10/h2-6,13-14H,7-8H2,1H3,(H,17,19)/t13-,14-/m0/s1. The Morgan fingerprint density at radius 2 is 2.20 bits per heavy atom. The average molecular weight is 335 g/mol. The quantitative estimate of drug-likeness (QED) is 0.935. The molecule has 1 aliphatic carbocycles. The molecule has 4 nitrogen and oxygen atoms in total. The van der Waals surface area contributed by atoms with Crippen LogP contribution >= 0.6 is 15.9 Å². The maximum atomic E-state index is 11.9. The summed E-state index contributed by atoms with van der Waals surface area (Å²) in [6, 6.07) is 10.3. The molecule has 0 radical (unpaired) electrons. The molecule has 0 unspecified atom stereocenters. The molecule has 1 aromatic carbocycles. The second-order valence-corrected chi connectivity index (χ2v) is 6.09. The Morgan fingerprint density at radius 1 is 1.45 bits per heavy atom. The van der Waals surface area contributed by atoms with Gasteiger partial charge in [0.2, 0.25) is 5.91 Å². The van der Waals surface area contributed by atoms with Crippen molar-refractivity contribution in [2.24, 2.45) is 0 Å². The first-order valence-electron chi connectivity index (χ1n) is 6.59. The monoisotopic (exact) mass is 334 g/mol. The van der Waals surface area contributed by atoms with Gasteiger partial charge in [-0.05, 0) is 31.0 Å². The van der Waals surface area contributed by atoms with Gasteiger partial charge in [-0.3, -0.25) is 4.79 Å². The predicted molar refractivity (Wildman–Crippen MR) is 78.4 cm³/mol. The Balaban J connectivity index is 1.52. The van der Waals surface area contributed by atoms with Crippen LogP contribution in [0.1, 0.15) is 29.4 Å². The van der Waals surface area contributed by atoms with Crippen LogP contribution in [-0.4, -0.2) is 17.1 Å². The zero-order valence-electron chi connectivity index (χ0n) is 11.1. The number of carbonyl (C=O) groups is 1. The van der Waals surface area contributed by atoms with E-state index in [9.17, 15) is 4.79 Å². The lowest BCUT2D eigenvalue weighted by Crippen LogP contribution is -2.28. The Morgan fingerprint density at radius 3 is 2.85 bits per heavy atom. The molecule has 5 heteroatoms. The minimum Gasteiger partial charge on any atom is -0.361 e. The molecule has 1 aliphatic rings. The molecule has 0 saturated heterocycles. The molecule has 1 amide bonds. The fourth-order valence-corrected chi connectivity index (χ4v) is 2.62. The number of hydrogen-bond donors (Lipinski definition) is 1. The zero-order valence-corrected chi connectivity index (χ0v) is 12.7. The summed E-state index contributed by atoms with van der Waals surface area (Å²) >= 11 is 3.42. The second-order valence-electron chi connectivity index (χ2n) is 5.17.